The molecule has 2 rings (SSSR count). The second-order valence-corrected chi connectivity index (χ2v) is 4.68. The summed E-state index contributed by atoms with van der Waals surface area (Å²) in [6.07, 6.45) is 0. The van der Waals surface area contributed by atoms with Crippen molar-refractivity contribution in [3.05, 3.63) is 23.7 Å². The van der Waals surface area contributed by atoms with E-state index in [9.17, 15) is 9.59 Å². The van der Waals surface area contributed by atoms with Crippen molar-refractivity contribution in [2.75, 3.05) is 13.1 Å². The van der Waals surface area contributed by atoms with Crippen LogP contribution in [-0.4, -0.2) is 35.3 Å². The summed E-state index contributed by atoms with van der Waals surface area (Å²) in [7, 11) is 0. The summed E-state index contributed by atoms with van der Waals surface area (Å²) < 4.78 is 5.30. The minimum Gasteiger partial charge on any atom is -0.456 e. The fourth-order valence-electron chi connectivity index (χ4n) is 1.94. The Balaban J connectivity index is 2.27. The number of nitrogens with zero attached hydrogens (tertiary/aromatic N) is 1. The Bertz CT molecular complexity index is 462. The molecule has 0 saturated carbocycles. The zero-order valence-corrected chi connectivity index (χ0v) is 10.2. The van der Waals surface area contributed by atoms with E-state index in [1.54, 1.807) is 37.8 Å². The topological polar surface area (TPSA) is 62.6 Å². The Hall–Kier alpha value is -1.78. The first-order valence-corrected chi connectivity index (χ1v) is 5.59. The van der Waals surface area contributed by atoms with E-state index in [0.29, 0.717) is 18.8 Å². The standard InChI is InChI=1S/C12H16N2O3/c1-8-4-5-9(17-8)10(15)14-7-6-13-11(16)12(14,2)3/h4-5H,6-7H2,1-3H3,(H,13,16). The molecule has 1 fully saturated rings. The zero-order valence-electron chi connectivity index (χ0n) is 10.2. The number of piperazine rings is 1. The molecular formula is C12H16N2O3. The molecule has 1 saturated heterocycles. The number of hydrogen-bond acceptors (Lipinski definition) is 3. The number of amides is 2. The van der Waals surface area contributed by atoms with Crippen LogP contribution in [0.4, 0.5) is 0 Å². The molecule has 1 aromatic rings. The molecule has 2 amide bonds. The van der Waals surface area contributed by atoms with Crippen molar-refractivity contribution in [2.45, 2.75) is 26.3 Å². The van der Waals surface area contributed by atoms with E-state index in [-0.39, 0.29) is 17.6 Å². The third-order valence-corrected chi connectivity index (χ3v) is 3.05. The second-order valence-electron chi connectivity index (χ2n) is 4.68. The highest BCUT2D eigenvalue weighted by Gasteiger charge is 2.41. The van der Waals surface area contributed by atoms with Crippen molar-refractivity contribution in [1.82, 2.24) is 10.2 Å². The van der Waals surface area contributed by atoms with Crippen LogP contribution in [0.2, 0.25) is 0 Å². The molecule has 2 heterocycles. The van der Waals surface area contributed by atoms with Gasteiger partial charge in [0.15, 0.2) is 5.76 Å². The van der Waals surface area contributed by atoms with Crippen LogP contribution in [0, 0.1) is 6.92 Å². The van der Waals surface area contributed by atoms with Crippen molar-refractivity contribution in [1.29, 1.82) is 0 Å². The van der Waals surface area contributed by atoms with Gasteiger partial charge in [-0.1, -0.05) is 0 Å². The number of rotatable bonds is 1. The van der Waals surface area contributed by atoms with E-state index in [1.807, 2.05) is 0 Å². The summed E-state index contributed by atoms with van der Waals surface area (Å²) in [5, 5.41) is 2.75. The molecule has 1 aromatic heterocycles. The largest absolute Gasteiger partial charge is 0.456 e. The monoisotopic (exact) mass is 236 g/mol. The molecule has 17 heavy (non-hydrogen) atoms. The summed E-state index contributed by atoms with van der Waals surface area (Å²) in [6, 6.07) is 3.38. The number of hydrogen-bond donors (Lipinski definition) is 1. The van der Waals surface area contributed by atoms with Gasteiger partial charge in [0, 0.05) is 13.1 Å². The van der Waals surface area contributed by atoms with Crippen LogP contribution in [0.1, 0.15) is 30.2 Å². The summed E-state index contributed by atoms with van der Waals surface area (Å²) >= 11 is 0. The molecule has 0 spiro atoms. The lowest BCUT2D eigenvalue weighted by Gasteiger charge is -2.40. The maximum atomic E-state index is 12.2. The number of furan rings is 1. The van der Waals surface area contributed by atoms with Crippen molar-refractivity contribution in [3.63, 3.8) is 0 Å². The Morgan fingerprint density at radius 3 is 2.76 bits per heavy atom. The molecule has 1 N–H and O–H groups in total. The van der Waals surface area contributed by atoms with Gasteiger partial charge in [0.2, 0.25) is 5.91 Å². The van der Waals surface area contributed by atoms with Gasteiger partial charge in [0.25, 0.3) is 5.91 Å². The first-order chi connectivity index (χ1) is 7.93. The molecule has 1 aliphatic rings. The molecule has 1 aliphatic heterocycles. The van der Waals surface area contributed by atoms with E-state index in [1.165, 1.54) is 0 Å². The van der Waals surface area contributed by atoms with Gasteiger partial charge in [0.1, 0.15) is 11.3 Å². The van der Waals surface area contributed by atoms with E-state index in [0.717, 1.165) is 0 Å². The Kier molecular flexibility index (Phi) is 2.69. The van der Waals surface area contributed by atoms with E-state index in [2.05, 4.69) is 5.32 Å². The van der Waals surface area contributed by atoms with Crippen LogP contribution >= 0.6 is 0 Å². The molecule has 92 valence electrons. The van der Waals surface area contributed by atoms with Gasteiger partial charge in [-0.15, -0.1) is 0 Å². The molecule has 5 heteroatoms. The molecule has 0 radical (unpaired) electrons. The predicted molar refractivity (Wildman–Crippen MR) is 61.6 cm³/mol. The van der Waals surface area contributed by atoms with Crippen molar-refractivity contribution in [2.24, 2.45) is 0 Å². The van der Waals surface area contributed by atoms with Crippen LogP contribution in [0.3, 0.4) is 0 Å². The van der Waals surface area contributed by atoms with Gasteiger partial charge >= 0.3 is 0 Å². The minimum absolute atomic E-state index is 0.139. The average Bonchev–Trinajstić information content (AvgIpc) is 2.68. The molecule has 0 unspecified atom stereocenters. The lowest BCUT2D eigenvalue weighted by Crippen LogP contribution is -2.63. The molecule has 0 aliphatic carbocycles. The number of carbonyl (C=O) groups excluding carboxylic acids is 2. The smallest absolute Gasteiger partial charge is 0.290 e. The fraction of sp³-hybridized carbons (Fsp3) is 0.500. The van der Waals surface area contributed by atoms with E-state index < -0.39 is 5.54 Å². The summed E-state index contributed by atoms with van der Waals surface area (Å²) in [5.74, 6) is 0.594. The Morgan fingerprint density at radius 1 is 1.47 bits per heavy atom. The second kappa shape index (κ2) is 3.91. The first kappa shape index (κ1) is 11.7. The maximum Gasteiger partial charge on any atom is 0.290 e. The van der Waals surface area contributed by atoms with Crippen molar-refractivity contribution >= 4 is 11.8 Å². The van der Waals surface area contributed by atoms with Crippen molar-refractivity contribution < 1.29 is 14.0 Å². The highest BCUT2D eigenvalue weighted by atomic mass is 16.3. The highest BCUT2D eigenvalue weighted by Crippen LogP contribution is 2.21. The fourth-order valence-corrected chi connectivity index (χ4v) is 1.94. The van der Waals surface area contributed by atoms with Crippen LogP contribution in [0.25, 0.3) is 0 Å². The van der Waals surface area contributed by atoms with Crippen LogP contribution < -0.4 is 5.32 Å². The van der Waals surface area contributed by atoms with Crippen molar-refractivity contribution in [3.8, 4) is 0 Å². The van der Waals surface area contributed by atoms with Crippen LogP contribution in [0.15, 0.2) is 16.5 Å². The summed E-state index contributed by atoms with van der Waals surface area (Å²) in [4.78, 5) is 25.5. The van der Waals surface area contributed by atoms with Gasteiger partial charge in [-0.3, -0.25) is 9.59 Å². The normalized spacial score (nSPS) is 19.0. The summed E-state index contributed by atoms with van der Waals surface area (Å²) in [5.41, 5.74) is -0.837. The zero-order chi connectivity index (χ0) is 12.6. The lowest BCUT2D eigenvalue weighted by atomic mass is 9.98. The van der Waals surface area contributed by atoms with Gasteiger partial charge < -0.3 is 14.6 Å². The lowest BCUT2D eigenvalue weighted by molar-refractivity contribution is -0.133. The quantitative estimate of drug-likeness (QED) is 0.789. The van der Waals surface area contributed by atoms with E-state index in [4.69, 9.17) is 4.42 Å². The third kappa shape index (κ3) is 1.92. The van der Waals surface area contributed by atoms with Crippen LogP contribution in [-0.2, 0) is 4.79 Å². The van der Waals surface area contributed by atoms with Crippen LogP contribution in [0.5, 0.6) is 0 Å². The number of aryl methyl sites for hydroxylation is 1. The Labute approximate surface area is 99.8 Å². The molecule has 0 atom stereocenters. The highest BCUT2D eigenvalue weighted by molar-refractivity contribution is 5.98. The first-order valence-electron chi connectivity index (χ1n) is 5.59. The summed E-state index contributed by atoms with van der Waals surface area (Å²) in [6.45, 7) is 6.22. The SMILES string of the molecule is Cc1ccc(C(=O)N2CCNC(=O)C2(C)C)o1. The van der Waals surface area contributed by atoms with E-state index >= 15 is 0 Å². The molecule has 0 aromatic carbocycles. The maximum absolute atomic E-state index is 12.2. The number of nitrogens with one attached hydrogen (secondary N) is 1. The minimum atomic E-state index is -0.837. The molecule has 5 nitrogen and oxygen atoms in total. The number of carbonyl (C=O) groups is 2. The Morgan fingerprint density at radius 2 is 2.18 bits per heavy atom. The van der Waals surface area contributed by atoms with Gasteiger partial charge in [-0.2, -0.15) is 0 Å². The molecular weight excluding hydrogens is 220 g/mol. The predicted octanol–water partition coefficient (Wildman–Crippen LogP) is 0.939. The molecule has 0 bridgehead atoms. The van der Waals surface area contributed by atoms with Gasteiger partial charge in [0.05, 0.1) is 0 Å². The average molecular weight is 236 g/mol. The van der Waals surface area contributed by atoms with Gasteiger partial charge in [-0.25, -0.2) is 0 Å². The third-order valence-electron chi connectivity index (χ3n) is 3.05. The van der Waals surface area contributed by atoms with Gasteiger partial charge in [-0.05, 0) is 32.9 Å².